The predicted molar refractivity (Wildman–Crippen MR) is 114 cm³/mol. The molecular weight excluding hydrogens is 617 g/mol. The molecule has 0 saturated heterocycles. The minimum Gasteiger partial charge on any atom is -0.436 e. The molecule has 0 aliphatic heterocycles. The third-order valence-electron chi connectivity index (χ3n) is 5.54. The summed E-state index contributed by atoms with van der Waals surface area (Å²) in [5.41, 5.74) is 0. The molecule has 0 N–H and O–H groups in total. The van der Waals surface area contributed by atoms with Gasteiger partial charge < -0.3 is 8.23 Å². The molecular formula is C18H29F15O2Si3. The molecule has 0 atom stereocenters. The quantitative estimate of drug-likeness (QED) is 0.138. The summed E-state index contributed by atoms with van der Waals surface area (Å²) >= 11 is 0. The predicted octanol–water partition coefficient (Wildman–Crippen LogP) is 10.0. The minimum absolute atomic E-state index is 0.845. The Balaban J connectivity index is 6.37. The molecule has 2 nitrogen and oxygen atoms in total. The van der Waals surface area contributed by atoms with Gasteiger partial charge in [-0.1, -0.05) is 0 Å². The van der Waals surface area contributed by atoms with E-state index in [2.05, 4.69) is 0 Å². The van der Waals surface area contributed by atoms with Gasteiger partial charge in [-0.25, -0.2) is 0 Å². The standard InChI is InChI=1S/C18H29F15O2Si3/c1-36(9-4-14(19,20)21,10-5-15(22,23)24)34-38(3,13-8-18(31,32)33)35-37(2,11-6-16(25,26)27)12-7-17(28,29)30/h4-13H2,1-3H3. The third kappa shape index (κ3) is 19.6. The van der Waals surface area contributed by atoms with Crippen LogP contribution in [0.1, 0.15) is 32.1 Å². The van der Waals surface area contributed by atoms with Crippen LogP contribution in [0.25, 0.3) is 0 Å². The van der Waals surface area contributed by atoms with Crippen LogP contribution in [0, 0.1) is 0 Å². The molecule has 0 aromatic carbocycles. The maximum absolute atomic E-state index is 13.0. The second kappa shape index (κ2) is 13.0. The first-order chi connectivity index (χ1) is 16.4. The normalized spacial score (nSPS) is 15.3. The topological polar surface area (TPSA) is 18.5 Å². The molecule has 0 amide bonds. The van der Waals surface area contributed by atoms with Crippen LogP contribution in [0.2, 0.25) is 49.9 Å². The molecule has 0 unspecified atom stereocenters. The van der Waals surface area contributed by atoms with Crippen molar-refractivity contribution < 1.29 is 74.1 Å². The van der Waals surface area contributed by atoms with Crippen LogP contribution in [0.5, 0.6) is 0 Å². The minimum atomic E-state index is -4.92. The Morgan fingerprint density at radius 3 is 0.737 bits per heavy atom. The Kier molecular flexibility index (Phi) is 12.8. The monoisotopic (exact) mass is 646 g/mol. The van der Waals surface area contributed by atoms with Crippen LogP contribution in [0.3, 0.4) is 0 Å². The molecule has 0 heterocycles. The Morgan fingerprint density at radius 1 is 0.368 bits per heavy atom. The lowest BCUT2D eigenvalue weighted by atomic mass is 10.5. The van der Waals surface area contributed by atoms with E-state index in [9.17, 15) is 65.9 Å². The number of alkyl halides is 15. The van der Waals surface area contributed by atoms with E-state index >= 15 is 0 Å². The van der Waals surface area contributed by atoms with Gasteiger partial charge in [-0.15, -0.1) is 0 Å². The lowest BCUT2D eigenvalue weighted by Crippen LogP contribution is -2.57. The van der Waals surface area contributed by atoms with E-state index in [0.29, 0.717) is 0 Å². The Bertz CT molecular complexity index is 630. The van der Waals surface area contributed by atoms with E-state index in [1.807, 2.05) is 0 Å². The van der Waals surface area contributed by atoms with Crippen LogP contribution in [-0.4, -0.2) is 56.1 Å². The van der Waals surface area contributed by atoms with E-state index in [1.54, 1.807) is 0 Å². The maximum Gasteiger partial charge on any atom is 0.389 e. The summed E-state index contributed by atoms with van der Waals surface area (Å²) in [6.45, 7) is 2.67. The second-order valence-corrected chi connectivity index (χ2v) is 22.0. The van der Waals surface area contributed by atoms with Gasteiger partial charge in [0.2, 0.25) is 0 Å². The SMILES string of the molecule is C[Si](CCC(F)(F)F)(CCC(F)(F)F)O[Si](C)(CCC(F)(F)F)O[Si](C)(CCC(F)(F)F)CCC(F)(F)F. The van der Waals surface area contributed by atoms with E-state index in [4.69, 9.17) is 8.23 Å². The molecule has 38 heavy (non-hydrogen) atoms. The highest BCUT2D eigenvalue weighted by atomic mass is 28.5. The van der Waals surface area contributed by atoms with Gasteiger partial charge in [0, 0.05) is 32.1 Å². The summed E-state index contributed by atoms with van der Waals surface area (Å²) < 4.78 is 205. The van der Waals surface area contributed by atoms with Gasteiger partial charge in [0.15, 0.2) is 16.6 Å². The van der Waals surface area contributed by atoms with Gasteiger partial charge in [-0.2, -0.15) is 65.9 Å². The number of halogens is 15. The molecule has 0 bridgehead atoms. The Labute approximate surface area is 212 Å². The highest BCUT2D eigenvalue weighted by molar-refractivity contribution is 6.89. The van der Waals surface area contributed by atoms with Crippen LogP contribution in [0.15, 0.2) is 0 Å². The van der Waals surface area contributed by atoms with Crippen LogP contribution in [-0.2, 0) is 8.23 Å². The van der Waals surface area contributed by atoms with E-state index in [1.165, 1.54) is 0 Å². The molecule has 0 radical (unpaired) electrons. The van der Waals surface area contributed by atoms with Crippen LogP contribution in [0.4, 0.5) is 65.9 Å². The lowest BCUT2D eigenvalue weighted by molar-refractivity contribution is -0.133. The summed E-state index contributed by atoms with van der Waals surface area (Å²) in [4.78, 5) is 0. The van der Waals surface area contributed by atoms with Crippen molar-refractivity contribution in [1.29, 1.82) is 0 Å². The molecule has 0 rings (SSSR count). The van der Waals surface area contributed by atoms with Crippen molar-refractivity contribution in [3.8, 4) is 0 Å². The van der Waals surface area contributed by atoms with Crippen molar-refractivity contribution in [3.63, 3.8) is 0 Å². The lowest BCUT2D eigenvalue weighted by Gasteiger charge is -2.43. The van der Waals surface area contributed by atoms with Crippen molar-refractivity contribution in [1.82, 2.24) is 0 Å². The summed E-state index contributed by atoms with van der Waals surface area (Å²) in [7, 11) is -13.0. The first-order valence-corrected chi connectivity index (χ1v) is 19.4. The van der Waals surface area contributed by atoms with Gasteiger partial charge in [-0.3, -0.25) is 0 Å². The van der Waals surface area contributed by atoms with Gasteiger partial charge >= 0.3 is 39.4 Å². The van der Waals surface area contributed by atoms with Gasteiger partial charge in [0.1, 0.15) is 0 Å². The highest BCUT2D eigenvalue weighted by Crippen LogP contribution is 2.41. The zero-order valence-electron chi connectivity index (χ0n) is 20.6. The van der Waals surface area contributed by atoms with Gasteiger partial charge in [-0.05, 0) is 49.9 Å². The summed E-state index contributed by atoms with van der Waals surface area (Å²) in [6, 6.07) is -5.21. The third-order valence-corrected chi connectivity index (χ3v) is 19.3. The first kappa shape index (κ1) is 37.5. The number of rotatable bonds is 14. The maximum atomic E-state index is 13.0. The Morgan fingerprint density at radius 2 is 0.553 bits per heavy atom. The molecule has 0 spiro atoms. The summed E-state index contributed by atoms with van der Waals surface area (Å²) in [5, 5.41) is 0. The molecule has 0 fully saturated rings. The zero-order chi connectivity index (χ0) is 30.5. The second-order valence-electron chi connectivity index (χ2n) is 9.81. The van der Waals surface area contributed by atoms with Crippen molar-refractivity contribution in [3.05, 3.63) is 0 Å². The van der Waals surface area contributed by atoms with Crippen molar-refractivity contribution in [2.24, 2.45) is 0 Å². The molecule has 20 heteroatoms. The molecule has 0 aromatic heterocycles. The fourth-order valence-electron chi connectivity index (χ4n) is 3.61. The largest absolute Gasteiger partial charge is 0.436 e. The van der Waals surface area contributed by atoms with Crippen molar-refractivity contribution in [2.75, 3.05) is 0 Å². The van der Waals surface area contributed by atoms with E-state index in [0.717, 1.165) is 19.6 Å². The fraction of sp³-hybridized carbons (Fsp3) is 1.00. The number of hydrogen-bond acceptors (Lipinski definition) is 2. The average molecular weight is 647 g/mol. The zero-order valence-corrected chi connectivity index (χ0v) is 23.6. The highest BCUT2D eigenvalue weighted by Gasteiger charge is 2.51. The molecule has 0 saturated carbocycles. The van der Waals surface area contributed by atoms with E-state index < -0.39 is 118 Å². The summed E-state index contributed by atoms with van der Waals surface area (Å²) in [5.74, 6) is 0. The fourth-order valence-corrected chi connectivity index (χ4v) is 19.4. The molecule has 0 aliphatic carbocycles. The first-order valence-electron chi connectivity index (χ1n) is 11.2. The van der Waals surface area contributed by atoms with Crippen molar-refractivity contribution >= 4 is 25.2 Å². The smallest absolute Gasteiger partial charge is 0.389 e. The average Bonchev–Trinajstić information content (AvgIpc) is 2.64. The molecule has 0 aromatic rings. The molecule has 230 valence electrons. The van der Waals surface area contributed by atoms with Crippen LogP contribution >= 0.6 is 0 Å². The number of hydrogen-bond donors (Lipinski definition) is 0. The van der Waals surface area contributed by atoms with E-state index in [-0.39, 0.29) is 0 Å². The van der Waals surface area contributed by atoms with Gasteiger partial charge in [0.05, 0.1) is 0 Å². The molecule has 0 aliphatic rings. The van der Waals surface area contributed by atoms with Crippen LogP contribution < -0.4 is 0 Å². The Hall–Kier alpha value is -0.479. The van der Waals surface area contributed by atoms with Gasteiger partial charge in [0.25, 0.3) is 0 Å². The van der Waals surface area contributed by atoms with Crippen molar-refractivity contribution in [2.45, 2.75) is 113 Å². The summed E-state index contributed by atoms with van der Waals surface area (Å²) in [6.07, 6.45) is -32.7.